The van der Waals surface area contributed by atoms with E-state index >= 15 is 0 Å². The monoisotopic (exact) mass is 486 g/mol. The second-order valence-corrected chi connectivity index (χ2v) is 9.89. The maximum atomic E-state index is 12.2. The summed E-state index contributed by atoms with van der Waals surface area (Å²) in [6.07, 6.45) is 14.2. The van der Waals surface area contributed by atoms with E-state index in [1.54, 1.807) is 6.07 Å². The normalized spacial score (nSPS) is 21.8. The number of allylic oxidation sites excluding steroid dienone is 2. The summed E-state index contributed by atoms with van der Waals surface area (Å²) < 4.78 is 10.7. The van der Waals surface area contributed by atoms with Crippen molar-refractivity contribution in [2.75, 3.05) is 6.61 Å². The molecule has 4 rings (SSSR count). The van der Waals surface area contributed by atoms with Crippen LogP contribution in [0, 0.1) is 5.92 Å². The third-order valence-electron chi connectivity index (χ3n) is 7.16. The van der Waals surface area contributed by atoms with Crippen LogP contribution < -0.4 is 4.74 Å². The van der Waals surface area contributed by atoms with Crippen molar-refractivity contribution < 1.29 is 14.3 Å². The molecular formula is C31H38N2O3. The number of hydrogen-bond donors (Lipinski definition) is 0. The van der Waals surface area contributed by atoms with Crippen LogP contribution in [0.2, 0.25) is 0 Å². The van der Waals surface area contributed by atoms with Gasteiger partial charge in [0.2, 0.25) is 5.88 Å². The number of ether oxygens (including phenoxy) is 2. The summed E-state index contributed by atoms with van der Waals surface area (Å²) >= 11 is 0. The van der Waals surface area contributed by atoms with Gasteiger partial charge >= 0.3 is 6.16 Å². The van der Waals surface area contributed by atoms with Crippen LogP contribution in [0.25, 0.3) is 0 Å². The fourth-order valence-electron chi connectivity index (χ4n) is 5.52. The van der Waals surface area contributed by atoms with Crippen molar-refractivity contribution in [3.05, 3.63) is 82.6 Å². The van der Waals surface area contributed by atoms with Crippen molar-refractivity contribution in [3.63, 3.8) is 0 Å². The average Bonchev–Trinajstić information content (AvgIpc) is 2.87. The quantitative estimate of drug-likeness (QED) is 0.149. The molecule has 0 aliphatic heterocycles. The molecule has 2 aliphatic carbocycles. The Morgan fingerprint density at radius 1 is 1.11 bits per heavy atom. The fraction of sp³-hybridized carbons (Fsp3) is 0.452. The number of aromatic nitrogens is 1. The Hall–Kier alpha value is -3.21. The van der Waals surface area contributed by atoms with Gasteiger partial charge in [0.15, 0.2) is 0 Å². The molecule has 0 N–H and O–H groups in total. The highest BCUT2D eigenvalue weighted by molar-refractivity contribution is 5.80. The van der Waals surface area contributed by atoms with Crippen molar-refractivity contribution >= 4 is 12.4 Å². The van der Waals surface area contributed by atoms with Crippen LogP contribution in [-0.2, 0) is 16.7 Å². The van der Waals surface area contributed by atoms with Gasteiger partial charge in [-0.1, -0.05) is 87.1 Å². The van der Waals surface area contributed by atoms with E-state index in [0.29, 0.717) is 6.61 Å². The van der Waals surface area contributed by atoms with E-state index in [9.17, 15) is 4.79 Å². The molecule has 5 heteroatoms. The average molecular weight is 487 g/mol. The van der Waals surface area contributed by atoms with Gasteiger partial charge in [0.25, 0.3) is 0 Å². The summed E-state index contributed by atoms with van der Waals surface area (Å²) in [6.45, 7) is 6.86. The lowest BCUT2D eigenvalue weighted by Gasteiger charge is -2.45. The predicted octanol–water partition coefficient (Wildman–Crippen LogP) is 7.74. The second-order valence-electron chi connectivity index (χ2n) is 9.89. The summed E-state index contributed by atoms with van der Waals surface area (Å²) in [6, 6.07) is 14.0. The number of unbranched alkanes of at least 4 members (excludes halogenated alkanes) is 5. The summed E-state index contributed by atoms with van der Waals surface area (Å²) in [5.74, 6) is 0.512. The molecule has 2 aromatic rings. The first-order valence-electron chi connectivity index (χ1n) is 13.3. The molecule has 0 saturated heterocycles. The number of carbonyl (C=O) groups excluding carboxylic acids is 1. The molecule has 2 aliphatic rings. The number of pyridine rings is 1. The van der Waals surface area contributed by atoms with Crippen LogP contribution in [0.15, 0.2) is 70.8 Å². The van der Waals surface area contributed by atoms with Gasteiger partial charge in [0.1, 0.15) is 5.54 Å². The number of rotatable bonds is 10. The molecule has 190 valence electrons. The first-order valence-corrected chi connectivity index (χ1v) is 13.3. The highest BCUT2D eigenvalue weighted by Gasteiger charge is 2.46. The number of hydrogen-bond acceptors (Lipinski definition) is 5. The molecule has 1 aromatic heterocycles. The molecule has 0 radical (unpaired) electrons. The van der Waals surface area contributed by atoms with E-state index in [1.165, 1.54) is 36.8 Å². The Kier molecular flexibility index (Phi) is 8.74. The van der Waals surface area contributed by atoms with Crippen molar-refractivity contribution in [1.29, 1.82) is 0 Å². The summed E-state index contributed by atoms with van der Waals surface area (Å²) in [5.41, 5.74) is 5.23. The maximum Gasteiger partial charge on any atom is 0.515 e. The number of nitrogens with zero attached hydrogens (tertiary/aromatic N) is 2. The highest BCUT2D eigenvalue weighted by atomic mass is 16.7. The molecular weight excluding hydrogens is 448 g/mol. The lowest BCUT2D eigenvalue weighted by Crippen LogP contribution is -2.40. The van der Waals surface area contributed by atoms with Crippen molar-refractivity contribution in [2.24, 2.45) is 10.9 Å². The molecule has 2 unspecified atom stereocenters. The van der Waals surface area contributed by atoms with Gasteiger partial charge in [0.05, 0.1) is 12.3 Å². The van der Waals surface area contributed by atoms with Gasteiger partial charge in [-0.3, -0.25) is 4.99 Å². The van der Waals surface area contributed by atoms with E-state index in [-0.39, 0.29) is 11.8 Å². The first-order chi connectivity index (χ1) is 17.6. The third-order valence-corrected chi connectivity index (χ3v) is 7.16. The van der Waals surface area contributed by atoms with Gasteiger partial charge in [0, 0.05) is 36.6 Å². The van der Waals surface area contributed by atoms with E-state index in [2.05, 4.69) is 45.1 Å². The summed E-state index contributed by atoms with van der Waals surface area (Å²) in [5, 5.41) is 0. The van der Waals surface area contributed by atoms with E-state index in [1.807, 2.05) is 30.5 Å². The Labute approximate surface area is 215 Å². The largest absolute Gasteiger partial charge is 0.515 e. The van der Waals surface area contributed by atoms with Crippen molar-refractivity contribution in [2.45, 2.75) is 77.7 Å². The molecule has 0 spiro atoms. The molecule has 2 atom stereocenters. The van der Waals surface area contributed by atoms with Crippen molar-refractivity contribution in [3.8, 4) is 5.88 Å². The Balaban J connectivity index is 1.50. The fourth-order valence-corrected chi connectivity index (χ4v) is 5.52. The predicted molar refractivity (Wildman–Crippen MR) is 145 cm³/mol. The summed E-state index contributed by atoms with van der Waals surface area (Å²) in [4.78, 5) is 22.2. The number of carbonyl (C=O) groups is 1. The number of aliphatic imine (C=N–C) groups is 1. The molecule has 0 amide bonds. The van der Waals surface area contributed by atoms with E-state index < -0.39 is 11.7 Å². The van der Waals surface area contributed by atoms with Gasteiger partial charge in [-0.2, -0.15) is 0 Å². The molecule has 36 heavy (non-hydrogen) atoms. The third kappa shape index (κ3) is 5.95. The molecule has 5 nitrogen and oxygen atoms in total. The number of fused-ring (bicyclic) bond motifs is 4. The van der Waals surface area contributed by atoms with Crippen LogP contribution in [0.4, 0.5) is 4.79 Å². The van der Waals surface area contributed by atoms with Crippen molar-refractivity contribution in [1.82, 2.24) is 4.98 Å². The Morgan fingerprint density at radius 2 is 1.89 bits per heavy atom. The van der Waals surface area contributed by atoms with Gasteiger partial charge in [-0.05, 0) is 37.5 Å². The Morgan fingerprint density at radius 3 is 2.67 bits per heavy atom. The smallest absolute Gasteiger partial charge is 0.434 e. The second kappa shape index (κ2) is 12.2. The molecule has 1 aromatic carbocycles. The van der Waals surface area contributed by atoms with Crippen LogP contribution in [0.3, 0.4) is 0 Å². The Bertz CT molecular complexity index is 1140. The first kappa shape index (κ1) is 25.9. The van der Waals surface area contributed by atoms with Gasteiger partial charge in [-0.15, -0.1) is 0 Å². The standard InChI is InChI=1S/C31H38N2O3/c1-4-6-7-8-9-13-18-35-30(34)36-29-17-16-27-28(33-29)20-25-19-23(3)21-31(27,26(25)5-2)32-22-24-14-11-10-12-15-24/h5,10-12,14-17,19,22,25H,4,6-9,13,18,20-21H2,1-3H3/b26-5+,32-22?. The highest BCUT2D eigenvalue weighted by Crippen LogP contribution is 2.52. The SMILES string of the molecule is C/C=C1\C2C=C(C)CC1(N=Cc1ccccc1)c1ccc(OC(=O)OCCCCCCCC)nc1C2. The minimum Gasteiger partial charge on any atom is -0.434 e. The molecule has 0 saturated carbocycles. The molecule has 1 heterocycles. The lowest BCUT2D eigenvalue weighted by atomic mass is 9.63. The van der Waals surface area contributed by atoms with E-state index in [4.69, 9.17) is 19.5 Å². The van der Waals surface area contributed by atoms with Crippen LogP contribution in [0.5, 0.6) is 5.88 Å². The van der Waals surface area contributed by atoms with Crippen LogP contribution in [0.1, 0.15) is 82.5 Å². The number of benzene rings is 1. The van der Waals surface area contributed by atoms with Crippen LogP contribution >= 0.6 is 0 Å². The van der Waals surface area contributed by atoms with Crippen LogP contribution in [-0.4, -0.2) is 24.0 Å². The van der Waals surface area contributed by atoms with E-state index in [0.717, 1.165) is 42.5 Å². The summed E-state index contributed by atoms with van der Waals surface area (Å²) in [7, 11) is 0. The lowest BCUT2D eigenvalue weighted by molar-refractivity contribution is 0.0956. The minimum absolute atomic E-state index is 0.228. The van der Waals surface area contributed by atoms with Gasteiger partial charge in [-0.25, -0.2) is 9.78 Å². The molecule has 2 bridgehead atoms. The minimum atomic E-state index is -0.686. The maximum absolute atomic E-state index is 12.2. The zero-order chi connectivity index (χ0) is 25.4. The zero-order valence-corrected chi connectivity index (χ0v) is 21.8. The molecule has 0 fully saturated rings. The zero-order valence-electron chi connectivity index (χ0n) is 21.8. The topological polar surface area (TPSA) is 60.8 Å². The van der Waals surface area contributed by atoms with Gasteiger partial charge < -0.3 is 9.47 Å².